The Morgan fingerprint density at radius 3 is 2.63 bits per heavy atom. The van der Waals surface area contributed by atoms with Gasteiger partial charge in [-0.15, -0.1) is 0 Å². The number of sulfonamides is 1. The summed E-state index contributed by atoms with van der Waals surface area (Å²) in [6.07, 6.45) is 1.49. The van der Waals surface area contributed by atoms with Gasteiger partial charge in [-0.05, 0) is 36.8 Å². The topological polar surface area (TPSA) is 85.1 Å². The Morgan fingerprint density at radius 2 is 2.05 bits per heavy atom. The number of nitrogen functional groups attached to an aromatic ring is 1. The van der Waals surface area contributed by atoms with Crippen LogP contribution >= 0.6 is 11.6 Å². The molecule has 0 fully saturated rings. The Labute approximate surface area is 116 Å². The van der Waals surface area contributed by atoms with Gasteiger partial charge in [0.05, 0.1) is 4.90 Å². The second-order valence-electron chi connectivity index (χ2n) is 3.94. The minimum Gasteiger partial charge on any atom is -0.398 e. The van der Waals surface area contributed by atoms with Gasteiger partial charge in [0.15, 0.2) is 0 Å². The number of pyridine rings is 1. The van der Waals surface area contributed by atoms with Crippen molar-refractivity contribution in [1.29, 1.82) is 0 Å². The molecule has 0 amide bonds. The van der Waals surface area contributed by atoms with E-state index in [0.29, 0.717) is 16.3 Å². The van der Waals surface area contributed by atoms with Crippen molar-refractivity contribution in [3.8, 4) is 0 Å². The second kappa shape index (κ2) is 5.07. The van der Waals surface area contributed by atoms with Crippen LogP contribution in [0.25, 0.3) is 0 Å². The number of aromatic nitrogens is 1. The SMILES string of the molecule is Cc1c(N)cc(S(=O)(=O)Nc2ccccn2)cc1Cl. The van der Waals surface area contributed by atoms with Gasteiger partial charge in [-0.2, -0.15) is 0 Å². The van der Waals surface area contributed by atoms with E-state index >= 15 is 0 Å². The first-order valence-electron chi connectivity index (χ1n) is 5.39. The number of benzene rings is 1. The number of hydrogen-bond acceptors (Lipinski definition) is 4. The van der Waals surface area contributed by atoms with E-state index in [1.165, 1.54) is 18.3 Å². The molecule has 19 heavy (non-hydrogen) atoms. The Balaban J connectivity index is 2.40. The van der Waals surface area contributed by atoms with E-state index in [2.05, 4.69) is 9.71 Å². The Kier molecular flexibility index (Phi) is 3.64. The van der Waals surface area contributed by atoms with Gasteiger partial charge in [0, 0.05) is 16.9 Å². The summed E-state index contributed by atoms with van der Waals surface area (Å²) in [6.45, 7) is 1.72. The molecular formula is C12H12ClN3O2S. The summed E-state index contributed by atoms with van der Waals surface area (Å²) in [5, 5.41) is 0.307. The van der Waals surface area contributed by atoms with Gasteiger partial charge < -0.3 is 5.73 Å². The number of halogens is 1. The van der Waals surface area contributed by atoms with Crippen LogP contribution in [-0.4, -0.2) is 13.4 Å². The minimum absolute atomic E-state index is 0.00579. The summed E-state index contributed by atoms with van der Waals surface area (Å²) in [4.78, 5) is 3.90. The van der Waals surface area contributed by atoms with Gasteiger partial charge in [-0.25, -0.2) is 13.4 Å². The minimum atomic E-state index is -3.75. The molecule has 1 aromatic heterocycles. The molecule has 7 heteroatoms. The number of hydrogen-bond donors (Lipinski definition) is 2. The molecule has 0 unspecified atom stereocenters. The zero-order valence-corrected chi connectivity index (χ0v) is 11.7. The third kappa shape index (κ3) is 2.97. The van der Waals surface area contributed by atoms with Crippen LogP contribution in [0.3, 0.4) is 0 Å². The van der Waals surface area contributed by atoms with E-state index in [4.69, 9.17) is 17.3 Å². The van der Waals surface area contributed by atoms with Crippen LogP contribution in [0.4, 0.5) is 11.5 Å². The van der Waals surface area contributed by atoms with E-state index in [1.54, 1.807) is 25.1 Å². The number of anilines is 2. The van der Waals surface area contributed by atoms with Crippen molar-refractivity contribution in [3.05, 3.63) is 47.1 Å². The molecule has 2 rings (SSSR count). The smallest absolute Gasteiger partial charge is 0.263 e. The predicted octanol–water partition coefficient (Wildman–Crippen LogP) is 2.43. The van der Waals surface area contributed by atoms with Crippen molar-refractivity contribution in [3.63, 3.8) is 0 Å². The Bertz CT molecular complexity index is 679. The largest absolute Gasteiger partial charge is 0.398 e. The van der Waals surface area contributed by atoms with Gasteiger partial charge in [-0.1, -0.05) is 17.7 Å². The van der Waals surface area contributed by atoms with Crippen LogP contribution in [0.1, 0.15) is 5.56 Å². The monoisotopic (exact) mass is 297 g/mol. The van der Waals surface area contributed by atoms with Crippen LogP contribution in [-0.2, 0) is 10.0 Å². The highest BCUT2D eigenvalue weighted by Crippen LogP contribution is 2.26. The zero-order valence-electron chi connectivity index (χ0n) is 10.1. The summed E-state index contributed by atoms with van der Waals surface area (Å²) in [5.74, 6) is 0.234. The van der Waals surface area contributed by atoms with Crippen molar-refractivity contribution in [2.75, 3.05) is 10.5 Å². The second-order valence-corrected chi connectivity index (χ2v) is 6.03. The normalized spacial score (nSPS) is 11.3. The van der Waals surface area contributed by atoms with Gasteiger partial charge in [-0.3, -0.25) is 4.72 Å². The maximum absolute atomic E-state index is 12.2. The predicted molar refractivity (Wildman–Crippen MR) is 75.6 cm³/mol. The summed E-state index contributed by atoms with van der Waals surface area (Å²) >= 11 is 5.94. The first-order valence-corrected chi connectivity index (χ1v) is 7.26. The lowest BCUT2D eigenvalue weighted by Crippen LogP contribution is -2.14. The fourth-order valence-corrected chi connectivity index (χ4v) is 2.81. The van der Waals surface area contributed by atoms with Crippen molar-refractivity contribution in [2.45, 2.75) is 11.8 Å². The molecular weight excluding hydrogens is 286 g/mol. The molecule has 2 aromatic rings. The van der Waals surface area contributed by atoms with Gasteiger partial charge in [0.2, 0.25) is 0 Å². The zero-order chi connectivity index (χ0) is 14.0. The van der Waals surface area contributed by atoms with Crippen LogP contribution in [0.2, 0.25) is 5.02 Å². The molecule has 0 spiro atoms. The maximum atomic E-state index is 12.2. The quantitative estimate of drug-likeness (QED) is 0.852. The van der Waals surface area contributed by atoms with Crippen LogP contribution < -0.4 is 10.5 Å². The van der Waals surface area contributed by atoms with E-state index in [1.807, 2.05) is 0 Å². The van der Waals surface area contributed by atoms with Crippen molar-refractivity contribution < 1.29 is 8.42 Å². The molecule has 100 valence electrons. The molecule has 5 nitrogen and oxygen atoms in total. The van der Waals surface area contributed by atoms with Crippen molar-refractivity contribution >= 4 is 33.1 Å². The summed E-state index contributed by atoms with van der Waals surface area (Å²) in [6, 6.07) is 7.65. The standard InChI is InChI=1S/C12H12ClN3O2S/c1-8-10(13)6-9(7-11(8)14)19(17,18)16-12-4-2-3-5-15-12/h2-7H,14H2,1H3,(H,15,16). The first kappa shape index (κ1) is 13.6. The summed E-state index contributed by atoms with van der Waals surface area (Å²) < 4.78 is 26.7. The Morgan fingerprint density at radius 1 is 1.32 bits per heavy atom. The highest BCUT2D eigenvalue weighted by atomic mass is 35.5. The first-order chi connectivity index (χ1) is 8.90. The van der Waals surface area contributed by atoms with Gasteiger partial charge >= 0.3 is 0 Å². The molecule has 0 saturated heterocycles. The molecule has 3 N–H and O–H groups in total. The fraction of sp³-hybridized carbons (Fsp3) is 0.0833. The lowest BCUT2D eigenvalue weighted by molar-refractivity contribution is 0.601. The molecule has 1 heterocycles. The van der Waals surface area contributed by atoms with Crippen LogP contribution in [0, 0.1) is 6.92 Å². The lowest BCUT2D eigenvalue weighted by Gasteiger charge is -2.10. The van der Waals surface area contributed by atoms with Gasteiger partial charge in [0.25, 0.3) is 10.0 Å². The summed E-state index contributed by atoms with van der Waals surface area (Å²) in [7, 11) is -3.75. The highest BCUT2D eigenvalue weighted by molar-refractivity contribution is 7.92. The van der Waals surface area contributed by atoms with E-state index in [0.717, 1.165) is 0 Å². The molecule has 0 bridgehead atoms. The lowest BCUT2D eigenvalue weighted by atomic mass is 10.2. The molecule has 0 saturated carbocycles. The molecule has 0 aliphatic rings. The maximum Gasteiger partial charge on any atom is 0.263 e. The molecule has 0 atom stereocenters. The number of nitrogens with zero attached hydrogens (tertiary/aromatic N) is 1. The van der Waals surface area contributed by atoms with E-state index in [-0.39, 0.29) is 10.7 Å². The van der Waals surface area contributed by atoms with Crippen molar-refractivity contribution in [2.24, 2.45) is 0 Å². The van der Waals surface area contributed by atoms with Crippen LogP contribution in [0.5, 0.6) is 0 Å². The number of nitrogens with one attached hydrogen (secondary N) is 1. The third-order valence-corrected chi connectivity index (χ3v) is 4.30. The van der Waals surface area contributed by atoms with Crippen LogP contribution in [0.15, 0.2) is 41.4 Å². The van der Waals surface area contributed by atoms with Crippen molar-refractivity contribution in [1.82, 2.24) is 4.98 Å². The Hall–Kier alpha value is -1.79. The van der Waals surface area contributed by atoms with Gasteiger partial charge in [0.1, 0.15) is 5.82 Å². The average Bonchev–Trinajstić information content (AvgIpc) is 2.36. The molecule has 0 radical (unpaired) electrons. The summed E-state index contributed by atoms with van der Waals surface area (Å²) in [5.41, 5.74) is 6.70. The number of nitrogens with two attached hydrogens (primary N) is 1. The molecule has 0 aliphatic heterocycles. The third-order valence-electron chi connectivity index (χ3n) is 2.57. The van der Waals surface area contributed by atoms with E-state index < -0.39 is 10.0 Å². The van der Waals surface area contributed by atoms with E-state index in [9.17, 15) is 8.42 Å². The average molecular weight is 298 g/mol. The highest BCUT2D eigenvalue weighted by Gasteiger charge is 2.17. The molecule has 0 aliphatic carbocycles. The fourth-order valence-electron chi connectivity index (χ4n) is 1.45. The number of rotatable bonds is 3. The molecule has 1 aromatic carbocycles.